The van der Waals surface area contributed by atoms with Gasteiger partial charge in [-0.3, -0.25) is 0 Å². The minimum atomic E-state index is -0.325. The summed E-state index contributed by atoms with van der Waals surface area (Å²) in [4.78, 5) is 11.9. The molecule has 104 valence electrons. The van der Waals surface area contributed by atoms with E-state index in [0.29, 0.717) is 25.3 Å². The number of hydrogen-bond acceptors (Lipinski definition) is 3. The van der Waals surface area contributed by atoms with Crippen LogP contribution in [0.3, 0.4) is 0 Å². The Morgan fingerprint density at radius 2 is 2.25 bits per heavy atom. The van der Waals surface area contributed by atoms with Crippen molar-refractivity contribution in [2.45, 2.75) is 20.0 Å². The van der Waals surface area contributed by atoms with Gasteiger partial charge in [0.25, 0.3) is 0 Å². The van der Waals surface area contributed by atoms with E-state index in [4.69, 9.17) is 4.74 Å². The number of nitrogens with zero attached hydrogens (tertiary/aromatic N) is 1. The average Bonchev–Trinajstić information content (AvgIpc) is 2.75. The highest BCUT2D eigenvalue weighted by atomic mass is 19.1. The van der Waals surface area contributed by atoms with E-state index in [9.17, 15) is 9.18 Å². The third kappa shape index (κ3) is 2.10. The maximum Gasteiger partial charge on any atom is 0.340 e. The van der Waals surface area contributed by atoms with Gasteiger partial charge in [0.15, 0.2) is 0 Å². The molecule has 0 saturated carbocycles. The molecular formula is C15H15FN2O2. The summed E-state index contributed by atoms with van der Waals surface area (Å²) >= 11 is 0. The zero-order valence-electron chi connectivity index (χ0n) is 11.1. The predicted molar refractivity (Wildman–Crippen MR) is 72.2 cm³/mol. The third-order valence-corrected chi connectivity index (χ3v) is 3.40. The Morgan fingerprint density at radius 3 is 3.05 bits per heavy atom. The van der Waals surface area contributed by atoms with Crippen LogP contribution in [0.2, 0.25) is 0 Å². The van der Waals surface area contributed by atoms with Crippen LogP contribution in [-0.4, -0.2) is 17.1 Å². The number of carbonyl (C=O) groups excluding carboxylic acids is 1. The monoisotopic (exact) mass is 274 g/mol. The predicted octanol–water partition coefficient (Wildman–Crippen LogP) is 2.40. The van der Waals surface area contributed by atoms with Gasteiger partial charge in [-0.05, 0) is 36.8 Å². The molecule has 0 unspecified atom stereocenters. The molecule has 3 rings (SSSR count). The van der Waals surface area contributed by atoms with Gasteiger partial charge in [0.05, 0.1) is 17.9 Å². The van der Waals surface area contributed by atoms with Gasteiger partial charge in [0, 0.05) is 25.0 Å². The van der Waals surface area contributed by atoms with Gasteiger partial charge in [0.1, 0.15) is 5.82 Å². The van der Waals surface area contributed by atoms with Crippen molar-refractivity contribution in [3.63, 3.8) is 0 Å². The fourth-order valence-electron chi connectivity index (χ4n) is 2.51. The lowest BCUT2D eigenvalue weighted by Crippen LogP contribution is -2.14. The zero-order valence-corrected chi connectivity index (χ0v) is 11.1. The van der Waals surface area contributed by atoms with Gasteiger partial charge in [0.2, 0.25) is 0 Å². The molecule has 1 aromatic carbocycles. The van der Waals surface area contributed by atoms with Crippen LogP contribution < -0.4 is 5.32 Å². The fourth-order valence-corrected chi connectivity index (χ4v) is 2.51. The Balaban J connectivity index is 2.10. The summed E-state index contributed by atoms with van der Waals surface area (Å²) in [6, 6.07) is 6.42. The minimum Gasteiger partial charge on any atom is -0.462 e. The highest BCUT2D eigenvalue weighted by Gasteiger charge is 2.21. The number of carbonyl (C=O) groups is 1. The molecule has 1 aromatic heterocycles. The van der Waals surface area contributed by atoms with E-state index < -0.39 is 0 Å². The smallest absolute Gasteiger partial charge is 0.340 e. The van der Waals surface area contributed by atoms with Crippen LogP contribution in [0.25, 0.3) is 5.69 Å². The first-order chi connectivity index (χ1) is 9.70. The lowest BCUT2D eigenvalue weighted by atomic mass is 10.1. The summed E-state index contributed by atoms with van der Waals surface area (Å²) in [7, 11) is 0. The molecule has 0 radical (unpaired) electrons. The first kappa shape index (κ1) is 12.9. The molecule has 1 aliphatic rings. The Morgan fingerprint density at radius 1 is 1.40 bits per heavy atom. The molecule has 2 heterocycles. The molecule has 20 heavy (non-hydrogen) atoms. The van der Waals surface area contributed by atoms with Gasteiger partial charge in [-0.1, -0.05) is 0 Å². The molecule has 1 aliphatic heterocycles. The second-order valence-electron chi connectivity index (χ2n) is 4.64. The van der Waals surface area contributed by atoms with Crippen LogP contribution in [0.4, 0.5) is 4.39 Å². The fraction of sp³-hybridized carbons (Fsp3) is 0.267. The Hall–Kier alpha value is -2.14. The Kier molecular flexibility index (Phi) is 3.28. The zero-order chi connectivity index (χ0) is 14.1. The van der Waals surface area contributed by atoms with Crippen molar-refractivity contribution in [1.29, 1.82) is 0 Å². The normalized spacial score (nSPS) is 13.3. The van der Waals surface area contributed by atoms with Crippen molar-refractivity contribution in [2.24, 2.45) is 0 Å². The molecule has 1 N–H and O–H groups in total. The molecule has 2 aromatic rings. The van der Waals surface area contributed by atoms with Gasteiger partial charge in [-0.2, -0.15) is 0 Å². The van der Waals surface area contributed by atoms with Crippen molar-refractivity contribution >= 4 is 5.97 Å². The maximum absolute atomic E-state index is 13.3. The van der Waals surface area contributed by atoms with E-state index in [2.05, 4.69) is 5.32 Å². The number of aromatic nitrogens is 1. The van der Waals surface area contributed by atoms with E-state index in [0.717, 1.165) is 16.9 Å². The van der Waals surface area contributed by atoms with Crippen LogP contribution in [0, 0.1) is 5.82 Å². The molecule has 4 nitrogen and oxygen atoms in total. The molecule has 0 bridgehead atoms. The number of ether oxygens (including phenoxy) is 1. The lowest BCUT2D eigenvalue weighted by molar-refractivity contribution is 0.0525. The molecule has 0 saturated heterocycles. The molecular weight excluding hydrogens is 259 g/mol. The number of fused-ring (bicyclic) bond motifs is 3. The van der Waals surface area contributed by atoms with Gasteiger partial charge in [-0.15, -0.1) is 0 Å². The largest absolute Gasteiger partial charge is 0.462 e. The molecule has 0 aliphatic carbocycles. The number of hydrogen-bond donors (Lipinski definition) is 1. The lowest BCUT2D eigenvalue weighted by Gasteiger charge is -2.10. The van der Waals surface area contributed by atoms with Gasteiger partial charge < -0.3 is 14.6 Å². The third-order valence-electron chi connectivity index (χ3n) is 3.40. The summed E-state index contributed by atoms with van der Waals surface area (Å²) in [5, 5.41) is 3.22. The van der Waals surface area contributed by atoms with Crippen LogP contribution in [0.5, 0.6) is 0 Å². The van der Waals surface area contributed by atoms with Crippen molar-refractivity contribution in [2.75, 3.05) is 6.61 Å². The average molecular weight is 274 g/mol. The number of benzene rings is 1. The van der Waals surface area contributed by atoms with Crippen molar-refractivity contribution in [3.8, 4) is 5.69 Å². The Labute approximate surface area is 116 Å². The van der Waals surface area contributed by atoms with E-state index in [1.54, 1.807) is 19.1 Å². The summed E-state index contributed by atoms with van der Waals surface area (Å²) in [5.74, 6) is -0.583. The summed E-state index contributed by atoms with van der Waals surface area (Å²) in [5.41, 5.74) is 3.15. The number of esters is 1. The van der Waals surface area contributed by atoms with E-state index in [-0.39, 0.29) is 11.8 Å². The molecule has 0 amide bonds. The SMILES string of the molecule is CCOC(=O)c1ccn2c1CNCc1cc(F)ccc1-2. The molecule has 0 atom stereocenters. The van der Waals surface area contributed by atoms with E-state index in [1.807, 2.05) is 10.8 Å². The second-order valence-corrected chi connectivity index (χ2v) is 4.64. The maximum atomic E-state index is 13.3. The number of nitrogens with one attached hydrogen (secondary N) is 1. The van der Waals surface area contributed by atoms with Crippen LogP contribution >= 0.6 is 0 Å². The van der Waals surface area contributed by atoms with Gasteiger partial charge in [-0.25, -0.2) is 9.18 Å². The topological polar surface area (TPSA) is 43.3 Å². The molecule has 0 spiro atoms. The van der Waals surface area contributed by atoms with Crippen molar-refractivity contribution in [3.05, 3.63) is 53.1 Å². The summed E-state index contributed by atoms with van der Waals surface area (Å²) < 4.78 is 20.3. The van der Waals surface area contributed by atoms with Crippen molar-refractivity contribution < 1.29 is 13.9 Å². The highest BCUT2D eigenvalue weighted by Crippen LogP contribution is 2.24. The van der Waals surface area contributed by atoms with Crippen LogP contribution in [0.1, 0.15) is 28.5 Å². The van der Waals surface area contributed by atoms with Crippen LogP contribution in [-0.2, 0) is 17.8 Å². The van der Waals surface area contributed by atoms with Gasteiger partial charge >= 0.3 is 5.97 Å². The first-order valence-corrected chi connectivity index (χ1v) is 6.57. The first-order valence-electron chi connectivity index (χ1n) is 6.57. The quantitative estimate of drug-likeness (QED) is 0.855. The Bertz CT molecular complexity index is 664. The number of halogens is 1. The molecule has 0 fully saturated rings. The standard InChI is InChI=1S/C15H15FN2O2/c1-2-20-15(19)12-5-6-18-13-4-3-11(16)7-10(13)8-17-9-14(12)18/h3-7,17H,2,8-9H2,1H3. The number of rotatable bonds is 2. The van der Waals surface area contributed by atoms with E-state index in [1.165, 1.54) is 12.1 Å². The minimum absolute atomic E-state index is 0.258. The summed E-state index contributed by atoms with van der Waals surface area (Å²) in [6.45, 7) is 3.23. The van der Waals surface area contributed by atoms with E-state index >= 15 is 0 Å². The second kappa shape index (κ2) is 5.09. The summed E-state index contributed by atoms with van der Waals surface area (Å²) in [6.07, 6.45) is 1.82. The highest BCUT2D eigenvalue weighted by molar-refractivity contribution is 5.91. The van der Waals surface area contributed by atoms with Crippen molar-refractivity contribution in [1.82, 2.24) is 9.88 Å². The van der Waals surface area contributed by atoms with Crippen LogP contribution in [0.15, 0.2) is 30.5 Å². The molecule has 5 heteroatoms.